The van der Waals surface area contributed by atoms with Crippen LogP contribution in [0.25, 0.3) is 11.1 Å². The maximum Gasteiger partial charge on any atom is 0.245 e. The van der Waals surface area contributed by atoms with Crippen LogP contribution in [-0.2, 0) is 29.0 Å². The number of nitrogens with one attached hydrogen (secondary N) is 2. The fraction of sp³-hybridized carbons (Fsp3) is 0.400. The van der Waals surface area contributed by atoms with Crippen molar-refractivity contribution in [1.82, 2.24) is 10.2 Å². The average molecular weight is 600 g/mol. The maximum atomic E-state index is 13.9. The molecular formula is C35H41N3O6. The fourth-order valence-corrected chi connectivity index (χ4v) is 6.39. The Morgan fingerprint density at radius 3 is 2.30 bits per heavy atom. The molecule has 9 heteroatoms. The molecule has 1 aliphatic carbocycles. The molecule has 3 aromatic rings. The van der Waals surface area contributed by atoms with E-state index in [-0.39, 0.29) is 23.2 Å². The Hall–Kier alpha value is -4.53. The number of aryl methyl sites for hydroxylation is 1. The summed E-state index contributed by atoms with van der Waals surface area (Å²) in [5, 5.41) is 6.34. The van der Waals surface area contributed by atoms with Gasteiger partial charge < -0.3 is 29.7 Å². The van der Waals surface area contributed by atoms with E-state index < -0.39 is 12.1 Å². The van der Waals surface area contributed by atoms with Crippen LogP contribution in [0.2, 0.25) is 0 Å². The number of hydrogen-bond donors (Lipinski definition) is 2. The number of fused-ring (bicyclic) bond motifs is 4. The van der Waals surface area contributed by atoms with Gasteiger partial charge in [-0.25, -0.2) is 0 Å². The quantitative estimate of drug-likeness (QED) is 0.380. The molecule has 232 valence electrons. The van der Waals surface area contributed by atoms with Crippen molar-refractivity contribution < 1.29 is 23.8 Å². The van der Waals surface area contributed by atoms with E-state index in [9.17, 15) is 14.4 Å². The molecule has 2 atom stereocenters. The van der Waals surface area contributed by atoms with Crippen molar-refractivity contribution >= 4 is 17.5 Å². The van der Waals surface area contributed by atoms with E-state index in [0.717, 1.165) is 28.7 Å². The van der Waals surface area contributed by atoms with E-state index in [4.69, 9.17) is 14.2 Å². The van der Waals surface area contributed by atoms with Crippen LogP contribution in [-0.4, -0.2) is 50.6 Å². The van der Waals surface area contributed by atoms with E-state index in [1.54, 1.807) is 33.5 Å². The lowest BCUT2D eigenvalue weighted by Gasteiger charge is -2.33. The molecule has 1 aliphatic heterocycles. The van der Waals surface area contributed by atoms with Crippen LogP contribution in [0.4, 0.5) is 5.69 Å². The summed E-state index contributed by atoms with van der Waals surface area (Å²) < 4.78 is 17.2. The Morgan fingerprint density at radius 2 is 1.64 bits per heavy atom. The second-order valence-corrected chi connectivity index (χ2v) is 11.7. The third-order valence-corrected chi connectivity index (χ3v) is 8.60. The lowest BCUT2D eigenvalue weighted by atomic mass is 9.95. The van der Waals surface area contributed by atoms with Crippen molar-refractivity contribution in [1.29, 1.82) is 0 Å². The molecule has 3 aromatic carbocycles. The van der Waals surface area contributed by atoms with Crippen molar-refractivity contribution in [3.63, 3.8) is 0 Å². The van der Waals surface area contributed by atoms with E-state index in [0.29, 0.717) is 54.4 Å². The molecule has 2 aliphatic rings. The normalized spacial score (nSPS) is 16.1. The van der Waals surface area contributed by atoms with Gasteiger partial charge in [-0.15, -0.1) is 0 Å². The summed E-state index contributed by atoms with van der Waals surface area (Å²) in [6.07, 6.45) is 1.97. The third kappa shape index (κ3) is 5.96. The number of carbonyl (C=O) groups is 2. The van der Waals surface area contributed by atoms with E-state index in [2.05, 4.69) is 22.8 Å². The van der Waals surface area contributed by atoms with E-state index in [1.807, 2.05) is 43.0 Å². The maximum absolute atomic E-state index is 13.9. The number of hydrogen-bond acceptors (Lipinski definition) is 7. The summed E-state index contributed by atoms with van der Waals surface area (Å²) >= 11 is 0. The molecule has 9 nitrogen and oxygen atoms in total. The van der Waals surface area contributed by atoms with Gasteiger partial charge in [0, 0.05) is 25.6 Å². The number of rotatable bonds is 8. The molecule has 0 bridgehead atoms. The lowest BCUT2D eigenvalue weighted by Crippen LogP contribution is -2.47. The van der Waals surface area contributed by atoms with Crippen LogP contribution < -0.4 is 30.3 Å². The number of nitrogens with zero attached hydrogens (tertiary/aromatic N) is 1. The smallest absolute Gasteiger partial charge is 0.245 e. The van der Waals surface area contributed by atoms with Gasteiger partial charge in [0.15, 0.2) is 11.5 Å². The Bertz CT molecular complexity index is 1640. The second-order valence-electron chi connectivity index (χ2n) is 11.7. The number of benzene rings is 2. The second kappa shape index (κ2) is 13.0. The van der Waals surface area contributed by atoms with Gasteiger partial charge in [0.05, 0.1) is 33.1 Å². The molecule has 0 radical (unpaired) electrons. The summed E-state index contributed by atoms with van der Waals surface area (Å²) in [7, 11) is 4.70. The number of anilines is 1. The zero-order valence-corrected chi connectivity index (χ0v) is 26.3. The zero-order valence-electron chi connectivity index (χ0n) is 26.3. The first-order valence-corrected chi connectivity index (χ1v) is 15.1. The Morgan fingerprint density at radius 1 is 0.909 bits per heavy atom. The highest BCUT2D eigenvalue weighted by molar-refractivity contribution is 5.86. The number of methoxy groups -OCH3 is 3. The minimum absolute atomic E-state index is 0.0399. The van der Waals surface area contributed by atoms with Gasteiger partial charge in [-0.3, -0.25) is 14.4 Å². The molecule has 0 saturated heterocycles. The van der Waals surface area contributed by atoms with Crippen LogP contribution in [0.15, 0.2) is 53.3 Å². The molecule has 1 heterocycles. The summed E-state index contributed by atoms with van der Waals surface area (Å²) in [6.45, 7) is 6.59. The predicted octanol–water partition coefficient (Wildman–Crippen LogP) is 4.88. The van der Waals surface area contributed by atoms with Gasteiger partial charge in [0.25, 0.3) is 0 Å². The number of ether oxygens (including phenoxy) is 3. The predicted molar refractivity (Wildman–Crippen MR) is 170 cm³/mol. The average Bonchev–Trinajstić information content (AvgIpc) is 3.26. The van der Waals surface area contributed by atoms with Crippen LogP contribution in [0.1, 0.15) is 55.5 Å². The Balaban J connectivity index is 1.59. The van der Waals surface area contributed by atoms with Crippen LogP contribution in [0, 0.1) is 5.92 Å². The molecule has 0 unspecified atom stereocenters. The van der Waals surface area contributed by atoms with Crippen molar-refractivity contribution in [3.05, 3.63) is 81.0 Å². The first kappa shape index (κ1) is 30.9. The highest BCUT2D eigenvalue weighted by atomic mass is 16.5. The molecule has 0 saturated carbocycles. The summed E-state index contributed by atoms with van der Waals surface area (Å²) in [5.74, 6) is 1.15. The van der Waals surface area contributed by atoms with E-state index in [1.165, 1.54) is 12.5 Å². The first-order chi connectivity index (χ1) is 21.2. The molecule has 0 aromatic heterocycles. The largest absolute Gasteiger partial charge is 0.493 e. The van der Waals surface area contributed by atoms with Crippen molar-refractivity contribution in [2.24, 2.45) is 5.92 Å². The van der Waals surface area contributed by atoms with Crippen molar-refractivity contribution in [3.8, 4) is 28.4 Å². The highest BCUT2D eigenvalue weighted by Gasteiger charge is 2.32. The number of amides is 2. The third-order valence-electron chi connectivity index (χ3n) is 8.60. The van der Waals surface area contributed by atoms with Crippen LogP contribution >= 0.6 is 0 Å². The molecule has 0 spiro atoms. The summed E-state index contributed by atoms with van der Waals surface area (Å²) in [6, 6.07) is 14.3. The minimum atomic E-state index is -0.604. The zero-order chi connectivity index (χ0) is 31.5. The van der Waals surface area contributed by atoms with Gasteiger partial charge in [0.1, 0.15) is 6.04 Å². The Labute approximate surface area is 258 Å². The van der Waals surface area contributed by atoms with Gasteiger partial charge in [-0.2, -0.15) is 0 Å². The first-order valence-electron chi connectivity index (χ1n) is 15.1. The topological polar surface area (TPSA) is 106 Å². The van der Waals surface area contributed by atoms with Gasteiger partial charge >= 0.3 is 0 Å². The minimum Gasteiger partial charge on any atom is -0.493 e. The van der Waals surface area contributed by atoms with Gasteiger partial charge in [0.2, 0.25) is 23.0 Å². The molecule has 2 amide bonds. The standard InChI is InChI=1S/C35H41N3O6/c1-20(2)32(35(41)38-16-15-22-9-7-8-10-24(22)19-38)37-28-14-12-25-26(18-29(28)40)27(36-21(3)39)13-11-23-17-30(42-4)33(43-5)34(44-6)31(23)25/h7-10,12,14,17-18,20,27,32H,11,13,15-16,19H2,1-6H3,(H,36,39)(H,37,40)/t27-,32-/m0/s1. The Kier molecular flexibility index (Phi) is 9.13. The monoisotopic (exact) mass is 599 g/mol. The molecular weight excluding hydrogens is 558 g/mol. The SMILES string of the molecule is COc1cc2c(c(OC)c1OC)-c1ccc(N[C@H](C(=O)N3CCc4ccccc4C3)C(C)C)c(=O)cc1[C@@H](NC(C)=O)CC2. The highest BCUT2D eigenvalue weighted by Crippen LogP contribution is 2.50. The molecule has 0 fully saturated rings. The van der Waals surface area contributed by atoms with Crippen molar-refractivity contribution in [2.45, 2.75) is 58.7 Å². The molecule has 2 N–H and O–H groups in total. The summed E-state index contributed by atoms with van der Waals surface area (Å²) in [5.41, 5.74) is 5.58. The fourth-order valence-electron chi connectivity index (χ4n) is 6.39. The van der Waals surface area contributed by atoms with Gasteiger partial charge in [-0.1, -0.05) is 44.2 Å². The van der Waals surface area contributed by atoms with Crippen LogP contribution in [0.5, 0.6) is 17.2 Å². The summed E-state index contributed by atoms with van der Waals surface area (Å²) in [4.78, 5) is 41.9. The molecule has 5 rings (SSSR count). The van der Waals surface area contributed by atoms with Gasteiger partial charge in [-0.05, 0) is 71.2 Å². The van der Waals surface area contributed by atoms with E-state index >= 15 is 0 Å². The van der Waals surface area contributed by atoms with Crippen molar-refractivity contribution in [2.75, 3.05) is 33.2 Å². The molecule has 44 heavy (non-hydrogen) atoms. The van der Waals surface area contributed by atoms with Crippen LogP contribution in [0.3, 0.4) is 0 Å². The lowest BCUT2D eigenvalue weighted by molar-refractivity contribution is -0.133. The number of carbonyl (C=O) groups excluding carboxylic acids is 2.